The number of halogens is 4. The minimum atomic E-state index is -4.41. The highest BCUT2D eigenvalue weighted by Crippen LogP contribution is 2.33. The highest BCUT2D eigenvalue weighted by atomic mass is 35.5. The summed E-state index contributed by atoms with van der Waals surface area (Å²) in [6.45, 7) is -0.0823. The Balaban J connectivity index is 3.00. The minimum absolute atomic E-state index is 0.0823. The van der Waals surface area contributed by atoms with Crippen molar-refractivity contribution < 1.29 is 18.0 Å². The van der Waals surface area contributed by atoms with E-state index in [9.17, 15) is 18.0 Å². The zero-order valence-electron chi connectivity index (χ0n) is 7.44. The molecule has 15 heavy (non-hydrogen) atoms. The third-order valence-electron chi connectivity index (χ3n) is 1.67. The minimum Gasteiger partial charge on any atom is -0.377 e. The van der Waals surface area contributed by atoms with Gasteiger partial charge in [0.2, 0.25) is 0 Å². The van der Waals surface area contributed by atoms with E-state index in [1.807, 2.05) is 0 Å². The van der Waals surface area contributed by atoms with E-state index in [0.717, 1.165) is 18.2 Å². The van der Waals surface area contributed by atoms with E-state index < -0.39 is 11.7 Å². The van der Waals surface area contributed by atoms with Gasteiger partial charge in [0.05, 0.1) is 22.8 Å². The van der Waals surface area contributed by atoms with Gasteiger partial charge in [0.25, 0.3) is 0 Å². The molecule has 0 saturated carbocycles. The van der Waals surface area contributed by atoms with Crippen molar-refractivity contribution in [2.45, 2.75) is 6.18 Å². The summed E-state index contributed by atoms with van der Waals surface area (Å²) in [4.78, 5) is 10.0. The van der Waals surface area contributed by atoms with Gasteiger partial charge < -0.3 is 10.1 Å². The molecule has 0 heterocycles. The molecule has 0 aliphatic carbocycles. The van der Waals surface area contributed by atoms with Crippen molar-refractivity contribution in [3.63, 3.8) is 0 Å². The molecule has 0 atom stereocenters. The molecule has 1 N–H and O–H groups in total. The van der Waals surface area contributed by atoms with Crippen LogP contribution in [0.2, 0.25) is 5.02 Å². The van der Waals surface area contributed by atoms with Gasteiger partial charge >= 0.3 is 6.18 Å². The normalized spacial score (nSPS) is 11.2. The van der Waals surface area contributed by atoms with E-state index in [-0.39, 0.29) is 17.3 Å². The Bertz CT molecular complexity index is 365. The fourth-order valence-electron chi connectivity index (χ4n) is 0.989. The monoisotopic (exact) mass is 237 g/mol. The smallest absolute Gasteiger partial charge is 0.377 e. The molecule has 0 fully saturated rings. The van der Waals surface area contributed by atoms with Crippen LogP contribution in [-0.2, 0) is 11.0 Å². The van der Waals surface area contributed by atoms with Gasteiger partial charge in [-0.05, 0) is 18.2 Å². The van der Waals surface area contributed by atoms with Gasteiger partial charge in [-0.1, -0.05) is 11.6 Å². The molecule has 1 aromatic carbocycles. The maximum Gasteiger partial charge on any atom is 0.416 e. The lowest BCUT2D eigenvalue weighted by molar-refractivity contribution is -0.137. The Morgan fingerprint density at radius 3 is 2.60 bits per heavy atom. The van der Waals surface area contributed by atoms with E-state index in [4.69, 9.17) is 11.6 Å². The van der Waals surface area contributed by atoms with Crippen LogP contribution in [0, 0.1) is 0 Å². The van der Waals surface area contributed by atoms with E-state index in [0.29, 0.717) is 6.29 Å². The molecule has 0 unspecified atom stereocenters. The average Bonchev–Trinajstić information content (AvgIpc) is 2.15. The lowest BCUT2D eigenvalue weighted by Crippen LogP contribution is -2.08. The zero-order chi connectivity index (χ0) is 11.5. The third kappa shape index (κ3) is 3.13. The first-order valence-corrected chi connectivity index (χ1v) is 4.37. The molecule has 0 radical (unpaired) electrons. The Hall–Kier alpha value is -1.23. The highest BCUT2D eigenvalue weighted by molar-refractivity contribution is 6.33. The van der Waals surface area contributed by atoms with Crippen LogP contribution in [0.4, 0.5) is 18.9 Å². The van der Waals surface area contributed by atoms with Crippen molar-refractivity contribution in [1.82, 2.24) is 0 Å². The number of hydrogen-bond donors (Lipinski definition) is 1. The summed E-state index contributed by atoms with van der Waals surface area (Å²) < 4.78 is 36.8. The van der Waals surface area contributed by atoms with Crippen LogP contribution in [0.3, 0.4) is 0 Å². The fraction of sp³-hybridized carbons (Fsp3) is 0.222. The second kappa shape index (κ2) is 4.53. The van der Waals surface area contributed by atoms with Gasteiger partial charge in [-0.15, -0.1) is 0 Å². The fourth-order valence-corrected chi connectivity index (χ4v) is 1.17. The van der Waals surface area contributed by atoms with Gasteiger partial charge in [-0.25, -0.2) is 0 Å². The van der Waals surface area contributed by atoms with E-state index in [1.165, 1.54) is 0 Å². The first kappa shape index (κ1) is 11.8. The topological polar surface area (TPSA) is 29.1 Å². The van der Waals surface area contributed by atoms with E-state index in [1.54, 1.807) is 0 Å². The van der Waals surface area contributed by atoms with Crippen LogP contribution >= 0.6 is 11.6 Å². The van der Waals surface area contributed by atoms with Gasteiger partial charge in [0.15, 0.2) is 0 Å². The summed E-state index contributed by atoms with van der Waals surface area (Å²) >= 11 is 5.64. The van der Waals surface area contributed by atoms with Gasteiger partial charge in [0.1, 0.15) is 6.29 Å². The van der Waals surface area contributed by atoms with Crippen molar-refractivity contribution in [2.24, 2.45) is 0 Å². The van der Waals surface area contributed by atoms with Crippen LogP contribution in [0.15, 0.2) is 18.2 Å². The molecule has 0 aliphatic rings. The average molecular weight is 238 g/mol. The van der Waals surface area contributed by atoms with Crippen LogP contribution in [-0.4, -0.2) is 12.8 Å². The van der Waals surface area contributed by atoms with Crippen LogP contribution in [0.5, 0.6) is 0 Å². The SMILES string of the molecule is O=CCNc1cc(C(F)(F)F)ccc1Cl. The molecule has 0 spiro atoms. The number of hydrogen-bond acceptors (Lipinski definition) is 2. The van der Waals surface area contributed by atoms with Crippen molar-refractivity contribution in [3.8, 4) is 0 Å². The maximum absolute atomic E-state index is 12.3. The lowest BCUT2D eigenvalue weighted by atomic mass is 10.2. The Morgan fingerprint density at radius 2 is 2.07 bits per heavy atom. The molecule has 2 nitrogen and oxygen atoms in total. The van der Waals surface area contributed by atoms with Crippen molar-refractivity contribution in [3.05, 3.63) is 28.8 Å². The molecule has 0 saturated heterocycles. The first-order valence-electron chi connectivity index (χ1n) is 3.99. The number of alkyl halides is 3. The molecule has 0 aromatic heterocycles. The summed E-state index contributed by atoms with van der Waals surface area (Å²) in [5, 5.41) is 2.62. The standard InChI is InChI=1S/C9H7ClF3NO/c10-7-2-1-6(9(11,12)13)5-8(7)14-3-4-15/h1-2,4-5,14H,3H2. The quantitative estimate of drug-likeness (QED) is 0.819. The van der Waals surface area contributed by atoms with Crippen LogP contribution < -0.4 is 5.32 Å². The van der Waals surface area contributed by atoms with Crippen molar-refractivity contribution >= 4 is 23.6 Å². The number of anilines is 1. The van der Waals surface area contributed by atoms with Gasteiger partial charge in [-0.3, -0.25) is 0 Å². The Labute approximate surface area is 89.0 Å². The molecule has 0 amide bonds. The number of benzene rings is 1. The second-order valence-corrected chi connectivity index (χ2v) is 3.15. The molecule has 0 aliphatic heterocycles. The number of carbonyl (C=O) groups excluding carboxylic acids is 1. The molecule has 1 rings (SSSR count). The molecule has 6 heteroatoms. The molecular formula is C9H7ClF3NO. The number of rotatable bonds is 3. The summed E-state index contributed by atoms with van der Waals surface area (Å²) in [6.07, 6.45) is -3.88. The van der Waals surface area contributed by atoms with E-state index >= 15 is 0 Å². The summed E-state index contributed by atoms with van der Waals surface area (Å²) in [5.74, 6) is 0. The Kier molecular flexibility index (Phi) is 3.57. The van der Waals surface area contributed by atoms with Crippen LogP contribution in [0.1, 0.15) is 5.56 Å². The summed E-state index contributed by atoms with van der Waals surface area (Å²) in [7, 11) is 0. The summed E-state index contributed by atoms with van der Waals surface area (Å²) in [6, 6.07) is 2.89. The molecule has 0 bridgehead atoms. The number of nitrogens with one attached hydrogen (secondary N) is 1. The predicted octanol–water partition coefficient (Wildman–Crippen LogP) is 2.97. The number of carbonyl (C=O) groups is 1. The largest absolute Gasteiger partial charge is 0.416 e. The van der Waals surface area contributed by atoms with Crippen molar-refractivity contribution in [2.75, 3.05) is 11.9 Å². The number of aldehydes is 1. The van der Waals surface area contributed by atoms with Crippen LogP contribution in [0.25, 0.3) is 0 Å². The highest BCUT2D eigenvalue weighted by Gasteiger charge is 2.30. The van der Waals surface area contributed by atoms with Crippen molar-refractivity contribution in [1.29, 1.82) is 0 Å². The molecular weight excluding hydrogens is 231 g/mol. The second-order valence-electron chi connectivity index (χ2n) is 2.74. The zero-order valence-corrected chi connectivity index (χ0v) is 8.19. The third-order valence-corrected chi connectivity index (χ3v) is 2.00. The molecule has 1 aromatic rings. The predicted molar refractivity (Wildman–Crippen MR) is 51.0 cm³/mol. The van der Waals surface area contributed by atoms with E-state index in [2.05, 4.69) is 5.32 Å². The van der Waals surface area contributed by atoms with Gasteiger partial charge in [-0.2, -0.15) is 13.2 Å². The Morgan fingerprint density at radius 1 is 1.40 bits per heavy atom. The molecule has 82 valence electrons. The summed E-state index contributed by atoms with van der Waals surface area (Å²) in [5.41, 5.74) is -0.709. The maximum atomic E-state index is 12.3. The van der Waals surface area contributed by atoms with Gasteiger partial charge in [0, 0.05) is 0 Å². The lowest BCUT2D eigenvalue weighted by Gasteiger charge is -2.10. The first-order chi connectivity index (χ1) is 6.95.